The highest BCUT2D eigenvalue weighted by atomic mass is 32.2. The zero-order chi connectivity index (χ0) is 13.3. The van der Waals surface area contributed by atoms with Crippen molar-refractivity contribution in [2.24, 2.45) is 0 Å². The van der Waals surface area contributed by atoms with Crippen LogP contribution in [0.15, 0.2) is 23.1 Å². The molecule has 0 fully saturated rings. The fourth-order valence-corrected chi connectivity index (χ4v) is 4.01. The number of H-pyrrole nitrogens is 1. The fourth-order valence-electron chi connectivity index (χ4n) is 2.11. The van der Waals surface area contributed by atoms with Gasteiger partial charge in [0.1, 0.15) is 5.82 Å². The maximum atomic E-state index is 13.3. The van der Waals surface area contributed by atoms with E-state index in [4.69, 9.17) is 0 Å². The van der Waals surface area contributed by atoms with Crippen LogP contribution in [0.3, 0.4) is 0 Å². The van der Waals surface area contributed by atoms with Crippen LogP contribution in [0, 0.1) is 12.7 Å². The predicted octanol–water partition coefficient (Wildman–Crippen LogP) is 3.19. The minimum Gasteiger partial charge on any atom is -0.358 e. The second-order valence-corrected chi connectivity index (χ2v) is 6.49. The second kappa shape index (κ2) is 4.72. The zero-order valence-corrected chi connectivity index (χ0v) is 11.3. The average molecular weight is 269 g/mol. The van der Waals surface area contributed by atoms with Crippen molar-refractivity contribution in [1.82, 2.24) is 4.98 Å². The van der Waals surface area contributed by atoms with E-state index in [0.29, 0.717) is 23.0 Å². The molecule has 0 unspecified atom stereocenters. The Balaban J connectivity index is 2.63. The third-order valence-corrected chi connectivity index (χ3v) is 4.94. The first-order valence-electron chi connectivity index (χ1n) is 5.96. The van der Waals surface area contributed by atoms with Crippen molar-refractivity contribution in [2.45, 2.75) is 31.6 Å². The third-order valence-electron chi connectivity index (χ3n) is 2.97. The van der Waals surface area contributed by atoms with E-state index < -0.39 is 15.7 Å². The molecule has 0 radical (unpaired) electrons. The maximum Gasteiger partial charge on any atom is 0.180 e. The number of aromatic nitrogens is 1. The Morgan fingerprint density at radius 1 is 1.33 bits per heavy atom. The standard InChI is InChI=1S/C13H16FNO2S/c1-3-4-7-18(16,17)13-9(2)15-12-6-5-10(14)8-11(12)13/h5-6,8,15H,3-4,7H2,1-2H3. The normalized spacial score (nSPS) is 12.2. The maximum absolute atomic E-state index is 13.3. The number of fused-ring (bicyclic) bond motifs is 1. The SMILES string of the molecule is CCCCS(=O)(=O)c1c(C)[nH]c2ccc(F)cc12. The van der Waals surface area contributed by atoms with Crippen molar-refractivity contribution in [1.29, 1.82) is 0 Å². The Morgan fingerprint density at radius 3 is 2.72 bits per heavy atom. The van der Waals surface area contributed by atoms with E-state index in [-0.39, 0.29) is 10.6 Å². The number of halogens is 1. The monoisotopic (exact) mass is 269 g/mol. The van der Waals surface area contributed by atoms with Crippen molar-refractivity contribution >= 4 is 20.7 Å². The quantitative estimate of drug-likeness (QED) is 0.926. The van der Waals surface area contributed by atoms with Crippen molar-refractivity contribution in [3.8, 4) is 0 Å². The first kappa shape index (κ1) is 13.1. The lowest BCUT2D eigenvalue weighted by Crippen LogP contribution is -2.07. The molecule has 1 aromatic heterocycles. The van der Waals surface area contributed by atoms with Crippen molar-refractivity contribution in [3.05, 3.63) is 29.7 Å². The Hall–Kier alpha value is -1.36. The molecular formula is C13H16FNO2S. The van der Waals surface area contributed by atoms with Gasteiger partial charge in [-0.1, -0.05) is 13.3 Å². The molecule has 0 saturated carbocycles. The number of nitrogens with one attached hydrogen (secondary N) is 1. The number of aryl methyl sites for hydroxylation is 1. The molecule has 2 aromatic rings. The molecular weight excluding hydrogens is 253 g/mol. The molecule has 0 amide bonds. The number of hydrogen-bond donors (Lipinski definition) is 1. The van der Waals surface area contributed by atoms with E-state index in [0.717, 1.165) is 6.42 Å². The molecule has 18 heavy (non-hydrogen) atoms. The highest BCUT2D eigenvalue weighted by Gasteiger charge is 2.22. The predicted molar refractivity (Wildman–Crippen MR) is 70.0 cm³/mol. The summed E-state index contributed by atoms with van der Waals surface area (Å²) in [5.74, 6) is -0.318. The molecule has 0 aliphatic heterocycles. The summed E-state index contributed by atoms with van der Waals surface area (Å²) in [5, 5.41) is 0.448. The molecule has 2 rings (SSSR count). The molecule has 0 saturated heterocycles. The Kier molecular flexibility index (Phi) is 3.43. The molecule has 0 atom stereocenters. The van der Waals surface area contributed by atoms with Gasteiger partial charge in [-0.25, -0.2) is 12.8 Å². The van der Waals surface area contributed by atoms with E-state index in [2.05, 4.69) is 4.98 Å². The van der Waals surface area contributed by atoms with Gasteiger partial charge in [0.2, 0.25) is 0 Å². The van der Waals surface area contributed by atoms with E-state index in [1.165, 1.54) is 12.1 Å². The van der Waals surface area contributed by atoms with Gasteiger partial charge in [-0.05, 0) is 31.5 Å². The van der Waals surface area contributed by atoms with Crippen LogP contribution in [0.1, 0.15) is 25.5 Å². The minimum absolute atomic E-state index is 0.105. The van der Waals surface area contributed by atoms with Crippen LogP contribution in [-0.2, 0) is 9.84 Å². The molecule has 1 N–H and O–H groups in total. The number of unbranched alkanes of at least 4 members (excludes halogenated alkanes) is 1. The van der Waals surface area contributed by atoms with Gasteiger partial charge in [0.15, 0.2) is 9.84 Å². The van der Waals surface area contributed by atoms with Crippen LogP contribution < -0.4 is 0 Å². The highest BCUT2D eigenvalue weighted by Crippen LogP contribution is 2.28. The molecule has 3 nitrogen and oxygen atoms in total. The third kappa shape index (κ3) is 2.27. The topological polar surface area (TPSA) is 49.9 Å². The van der Waals surface area contributed by atoms with Crippen LogP contribution in [0.2, 0.25) is 0 Å². The van der Waals surface area contributed by atoms with Gasteiger partial charge in [-0.3, -0.25) is 0 Å². The van der Waals surface area contributed by atoms with Gasteiger partial charge < -0.3 is 4.98 Å². The van der Waals surface area contributed by atoms with Gasteiger partial charge in [0, 0.05) is 16.6 Å². The first-order valence-corrected chi connectivity index (χ1v) is 7.61. The van der Waals surface area contributed by atoms with Gasteiger partial charge >= 0.3 is 0 Å². The van der Waals surface area contributed by atoms with Crippen LogP contribution in [0.4, 0.5) is 4.39 Å². The zero-order valence-electron chi connectivity index (χ0n) is 10.5. The summed E-state index contributed by atoms with van der Waals surface area (Å²) in [7, 11) is -3.35. The van der Waals surface area contributed by atoms with E-state index >= 15 is 0 Å². The Morgan fingerprint density at radius 2 is 2.06 bits per heavy atom. The van der Waals surface area contributed by atoms with Crippen molar-refractivity contribution < 1.29 is 12.8 Å². The van der Waals surface area contributed by atoms with Gasteiger partial charge in [-0.2, -0.15) is 0 Å². The van der Waals surface area contributed by atoms with Gasteiger partial charge in [0.05, 0.1) is 10.6 Å². The Bertz CT molecular complexity index is 674. The number of aromatic amines is 1. The number of sulfone groups is 1. The highest BCUT2D eigenvalue weighted by molar-refractivity contribution is 7.91. The molecule has 0 spiro atoms. The molecule has 0 aliphatic rings. The van der Waals surface area contributed by atoms with Crippen LogP contribution >= 0.6 is 0 Å². The summed E-state index contributed by atoms with van der Waals surface area (Å²) < 4.78 is 37.8. The summed E-state index contributed by atoms with van der Waals surface area (Å²) in [6.07, 6.45) is 1.43. The lowest BCUT2D eigenvalue weighted by Gasteiger charge is -2.03. The smallest absolute Gasteiger partial charge is 0.180 e. The number of rotatable bonds is 4. The lowest BCUT2D eigenvalue weighted by atomic mass is 10.2. The summed E-state index contributed by atoms with van der Waals surface area (Å²) in [6, 6.07) is 4.16. The summed E-state index contributed by atoms with van der Waals surface area (Å²) in [4.78, 5) is 3.23. The van der Waals surface area contributed by atoms with Crippen LogP contribution in [0.25, 0.3) is 10.9 Å². The fraction of sp³-hybridized carbons (Fsp3) is 0.385. The number of benzene rings is 1. The molecule has 0 aliphatic carbocycles. The Labute approximate surface area is 106 Å². The van der Waals surface area contributed by atoms with E-state index in [1.807, 2.05) is 6.92 Å². The largest absolute Gasteiger partial charge is 0.358 e. The van der Waals surface area contributed by atoms with Crippen molar-refractivity contribution in [2.75, 3.05) is 5.75 Å². The van der Waals surface area contributed by atoms with E-state index in [9.17, 15) is 12.8 Å². The average Bonchev–Trinajstić information content (AvgIpc) is 2.62. The molecule has 0 bridgehead atoms. The van der Waals surface area contributed by atoms with E-state index in [1.54, 1.807) is 13.0 Å². The van der Waals surface area contributed by atoms with Gasteiger partial charge in [-0.15, -0.1) is 0 Å². The van der Waals surface area contributed by atoms with Crippen molar-refractivity contribution in [3.63, 3.8) is 0 Å². The van der Waals surface area contributed by atoms with Crippen LogP contribution in [-0.4, -0.2) is 19.2 Å². The summed E-state index contributed by atoms with van der Waals surface area (Å²) >= 11 is 0. The second-order valence-electron chi connectivity index (χ2n) is 4.44. The first-order chi connectivity index (χ1) is 8.45. The number of hydrogen-bond acceptors (Lipinski definition) is 2. The molecule has 5 heteroatoms. The lowest BCUT2D eigenvalue weighted by molar-refractivity contribution is 0.593. The minimum atomic E-state index is -3.35. The summed E-state index contributed by atoms with van der Waals surface area (Å²) in [6.45, 7) is 3.65. The molecule has 1 heterocycles. The molecule has 1 aromatic carbocycles. The van der Waals surface area contributed by atoms with Crippen LogP contribution in [0.5, 0.6) is 0 Å². The molecule has 98 valence electrons. The van der Waals surface area contributed by atoms with Gasteiger partial charge in [0.25, 0.3) is 0 Å². The summed E-state index contributed by atoms with van der Waals surface area (Å²) in [5.41, 5.74) is 1.23.